The zero-order valence-electron chi connectivity index (χ0n) is 44.0. The summed E-state index contributed by atoms with van der Waals surface area (Å²) in [6, 6.07) is 0.299. The van der Waals surface area contributed by atoms with Crippen molar-refractivity contribution in [3.05, 3.63) is 0 Å². The van der Waals surface area contributed by atoms with Gasteiger partial charge in [0.2, 0.25) is 0 Å². The highest BCUT2D eigenvalue weighted by atomic mass is 32.2. The Bertz CT molecular complexity index is 971. The van der Waals surface area contributed by atoms with Gasteiger partial charge in [0.05, 0.1) is 13.2 Å². The molecule has 0 fully saturated rings. The maximum atomic E-state index is 13.9. The number of amides is 1. The van der Waals surface area contributed by atoms with Gasteiger partial charge in [-0.15, -0.1) is 0 Å². The molecule has 0 radical (unpaired) electrons. The molecule has 0 heterocycles. The standard InChI is InChI=1S/C56H110N2O5S/c1-8-13-18-29-36-48-64-56(61)58(47-37-46-57(6)7)53(42-32-25-21-23-27-34-44-54(59)62-49-51(38-16-11-4)40-30-19-14-9-2)43-33-26-22-24-28-35-45-55(60)63-50-52(39-17-12-5)41-31-20-15-10-3/h51-53H,8-50H2,1-7H3. The quantitative estimate of drug-likeness (QED) is 0.0444. The summed E-state index contributed by atoms with van der Waals surface area (Å²) in [5.74, 6) is 1.96. The van der Waals surface area contributed by atoms with Gasteiger partial charge in [-0.05, 0) is 96.7 Å². The van der Waals surface area contributed by atoms with E-state index in [1.54, 1.807) is 11.8 Å². The number of nitrogens with zero attached hydrogens (tertiary/aromatic N) is 2. The molecule has 0 bridgehead atoms. The molecule has 2 atom stereocenters. The average molecular weight is 924 g/mol. The number of carbonyl (C=O) groups is 3. The number of hydrogen-bond acceptors (Lipinski definition) is 7. The van der Waals surface area contributed by atoms with Crippen LogP contribution in [0.2, 0.25) is 0 Å². The van der Waals surface area contributed by atoms with Gasteiger partial charge in [0.15, 0.2) is 0 Å². The molecule has 0 rings (SSSR count). The van der Waals surface area contributed by atoms with E-state index in [2.05, 4.69) is 58.5 Å². The van der Waals surface area contributed by atoms with Crippen molar-refractivity contribution in [3.63, 3.8) is 0 Å². The van der Waals surface area contributed by atoms with Crippen LogP contribution in [0, 0.1) is 11.8 Å². The molecule has 0 aromatic heterocycles. The molecule has 380 valence electrons. The first-order valence-corrected chi connectivity index (χ1v) is 29.1. The Morgan fingerprint density at radius 1 is 0.406 bits per heavy atom. The Kier molecular flexibility index (Phi) is 47.2. The first kappa shape index (κ1) is 62.7. The second-order valence-electron chi connectivity index (χ2n) is 19.9. The minimum absolute atomic E-state index is 0.00896. The normalized spacial score (nSPS) is 13.0. The predicted molar refractivity (Wildman–Crippen MR) is 280 cm³/mol. The lowest BCUT2D eigenvalue weighted by Gasteiger charge is -2.32. The van der Waals surface area contributed by atoms with Crippen molar-refractivity contribution in [2.45, 2.75) is 285 Å². The first-order chi connectivity index (χ1) is 31.2. The van der Waals surface area contributed by atoms with Crippen LogP contribution in [-0.2, 0) is 19.1 Å². The van der Waals surface area contributed by atoms with E-state index in [1.807, 2.05) is 0 Å². The van der Waals surface area contributed by atoms with Crippen LogP contribution in [0.25, 0.3) is 0 Å². The Labute approximate surface area is 403 Å². The third kappa shape index (κ3) is 41.0. The van der Waals surface area contributed by atoms with E-state index in [4.69, 9.17) is 9.47 Å². The summed E-state index contributed by atoms with van der Waals surface area (Å²) in [4.78, 5) is 43.6. The van der Waals surface area contributed by atoms with Crippen molar-refractivity contribution in [1.29, 1.82) is 0 Å². The van der Waals surface area contributed by atoms with Gasteiger partial charge < -0.3 is 19.3 Å². The summed E-state index contributed by atoms with van der Waals surface area (Å²) in [5.41, 5.74) is 0. The third-order valence-electron chi connectivity index (χ3n) is 13.3. The summed E-state index contributed by atoms with van der Waals surface area (Å²) in [6.45, 7) is 14.3. The molecule has 2 unspecified atom stereocenters. The number of carbonyl (C=O) groups excluding carboxylic acids is 3. The van der Waals surface area contributed by atoms with Crippen LogP contribution in [0.3, 0.4) is 0 Å². The predicted octanol–water partition coefficient (Wildman–Crippen LogP) is 17.3. The monoisotopic (exact) mass is 923 g/mol. The second-order valence-corrected chi connectivity index (χ2v) is 21.0. The molecule has 0 saturated carbocycles. The van der Waals surface area contributed by atoms with Crippen molar-refractivity contribution in [2.24, 2.45) is 11.8 Å². The van der Waals surface area contributed by atoms with E-state index in [0.717, 1.165) is 95.9 Å². The molecule has 1 amide bonds. The van der Waals surface area contributed by atoms with Crippen LogP contribution in [0.1, 0.15) is 279 Å². The van der Waals surface area contributed by atoms with Crippen molar-refractivity contribution in [1.82, 2.24) is 9.80 Å². The van der Waals surface area contributed by atoms with E-state index >= 15 is 0 Å². The van der Waals surface area contributed by atoms with E-state index in [9.17, 15) is 14.4 Å². The smallest absolute Gasteiger partial charge is 0.305 e. The minimum atomic E-state index is -0.00896. The van der Waals surface area contributed by atoms with E-state index in [-0.39, 0.29) is 11.9 Å². The van der Waals surface area contributed by atoms with Gasteiger partial charge in [0.25, 0.3) is 5.24 Å². The molecule has 0 aliphatic heterocycles. The Hall–Kier alpha value is -1.28. The molecule has 0 spiro atoms. The van der Waals surface area contributed by atoms with E-state index in [1.165, 1.54) is 154 Å². The number of hydrogen-bond donors (Lipinski definition) is 0. The van der Waals surface area contributed by atoms with Crippen LogP contribution in [0.5, 0.6) is 0 Å². The number of rotatable bonds is 49. The van der Waals surface area contributed by atoms with Crippen molar-refractivity contribution >= 4 is 28.9 Å². The number of unbranched alkanes of at least 4 members (excludes halogenated alkanes) is 22. The van der Waals surface area contributed by atoms with Crippen molar-refractivity contribution in [2.75, 3.05) is 46.2 Å². The number of thioether (sulfide) groups is 1. The zero-order valence-corrected chi connectivity index (χ0v) is 44.8. The summed E-state index contributed by atoms with van der Waals surface area (Å²) < 4.78 is 11.6. The molecule has 8 heteroatoms. The van der Waals surface area contributed by atoms with Crippen LogP contribution >= 0.6 is 11.8 Å². The fourth-order valence-electron chi connectivity index (χ4n) is 8.99. The molecular formula is C56H110N2O5S. The lowest BCUT2D eigenvalue weighted by atomic mass is 9.96. The van der Waals surface area contributed by atoms with Gasteiger partial charge in [-0.1, -0.05) is 213 Å². The number of esters is 2. The summed E-state index contributed by atoms with van der Waals surface area (Å²) in [7, 11) is 4.25. The zero-order chi connectivity index (χ0) is 47.1. The first-order valence-electron chi connectivity index (χ1n) is 28.1. The largest absolute Gasteiger partial charge is 0.465 e. The van der Waals surface area contributed by atoms with Crippen molar-refractivity contribution in [3.8, 4) is 0 Å². The van der Waals surface area contributed by atoms with Crippen LogP contribution in [0.4, 0.5) is 4.79 Å². The van der Waals surface area contributed by atoms with Crippen molar-refractivity contribution < 1.29 is 23.9 Å². The van der Waals surface area contributed by atoms with Crippen LogP contribution < -0.4 is 0 Å². The SMILES string of the molecule is CCCCCCCSC(=O)N(CCCN(C)C)C(CCCCCCCCC(=O)OCC(CCCC)CCCCCC)CCCCCCCCC(=O)OCC(CCCC)CCCCCC. The summed E-state index contributed by atoms with van der Waals surface area (Å²) >= 11 is 1.56. The molecular weight excluding hydrogens is 813 g/mol. The van der Waals surface area contributed by atoms with Gasteiger partial charge in [-0.3, -0.25) is 14.4 Å². The van der Waals surface area contributed by atoms with Crippen LogP contribution in [-0.4, -0.2) is 79.2 Å². The molecule has 0 aromatic carbocycles. The third-order valence-corrected chi connectivity index (χ3v) is 14.3. The van der Waals surface area contributed by atoms with Crippen LogP contribution in [0.15, 0.2) is 0 Å². The Morgan fingerprint density at radius 2 is 0.766 bits per heavy atom. The molecule has 0 aliphatic carbocycles. The molecule has 64 heavy (non-hydrogen) atoms. The van der Waals surface area contributed by atoms with Gasteiger partial charge in [-0.25, -0.2) is 0 Å². The van der Waals surface area contributed by atoms with Gasteiger partial charge in [-0.2, -0.15) is 0 Å². The molecule has 7 nitrogen and oxygen atoms in total. The second kappa shape index (κ2) is 48.2. The van der Waals surface area contributed by atoms with Gasteiger partial charge in [0.1, 0.15) is 0 Å². The maximum Gasteiger partial charge on any atom is 0.305 e. The Morgan fingerprint density at radius 3 is 1.20 bits per heavy atom. The topological polar surface area (TPSA) is 76.2 Å². The minimum Gasteiger partial charge on any atom is -0.465 e. The van der Waals surface area contributed by atoms with Gasteiger partial charge in [0, 0.05) is 31.2 Å². The lowest BCUT2D eigenvalue weighted by Crippen LogP contribution is -2.40. The maximum absolute atomic E-state index is 13.9. The fourth-order valence-corrected chi connectivity index (χ4v) is 9.92. The molecule has 0 saturated heterocycles. The van der Waals surface area contributed by atoms with E-state index < -0.39 is 0 Å². The Balaban J connectivity index is 4.96. The van der Waals surface area contributed by atoms with Gasteiger partial charge >= 0.3 is 11.9 Å². The summed E-state index contributed by atoms with van der Waals surface area (Å²) in [5, 5.41) is 0.291. The molecule has 0 aliphatic rings. The highest BCUT2D eigenvalue weighted by Gasteiger charge is 2.23. The summed E-state index contributed by atoms with van der Waals surface area (Å²) in [6.07, 6.45) is 43.6. The lowest BCUT2D eigenvalue weighted by molar-refractivity contribution is -0.146. The highest BCUT2D eigenvalue weighted by molar-refractivity contribution is 8.13. The highest BCUT2D eigenvalue weighted by Crippen LogP contribution is 2.25. The average Bonchev–Trinajstić information content (AvgIpc) is 3.28. The fraction of sp³-hybridized carbons (Fsp3) is 0.946. The van der Waals surface area contributed by atoms with E-state index in [0.29, 0.717) is 49.2 Å². The molecule has 0 aromatic rings. The molecule has 0 N–H and O–H groups in total. The number of ether oxygens (including phenoxy) is 2.